The van der Waals surface area contributed by atoms with Gasteiger partial charge in [0.2, 0.25) is 5.91 Å². The highest BCUT2D eigenvalue weighted by molar-refractivity contribution is 7.12. The van der Waals surface area contributed by atoms with Gasteiger partial charge in [-0.2, -0.15) is 0 Å². The highest BCUT2D eigenvalue weighted by Gasteiger charge is 2.32. The molecule has 2 heterocycles. The Morgan fingerprint density at radius 2 is 1.66 bits per heavy atom. The smallest absolute Gasteiger partial charge is 0.261 e. The van der Waals surface area contributed by atoms with Gasteiger partial charge in [-0.15, -0.1) is 11.3 Å². The lowest BCUT2D eigenvalue weighted by Crippen LogP contribution is -2.52. The summed E-state index contributed by atoms with van der Waals surface area (Å²) in [6.45, 7) is 2.82. The molecule has 0 atom stereocenters. The fourth-order valence-corrected chi connectivity index (χ4v) is 4.31. The van der Waals surface area contributed by atoms with Crippen molar-refractivity contribution in [3.63, 3.8) is 0 Å². The number of amides is 3. The summed E-state index contributed by atoms with van der Waals surface area (Å²) in [6, 6.07) is 11.0. The molecule has 0 bridgehead atoms. The molecule has 7 heteroatoms. The van der Waals surface area contributed by atoms with Gasteiger partial charge in [-0.3, -0.25) is 14.4 Å². The second kappa shape index (κ2) is 8.78. The minimum Gasteiger partial charge on any atom is -0.347 e. The first-order valence-corrected chi connectivity index (χ1v) is 11.0. The molecule has 1 aromatic heterocycles. The molecule has 0 radical (unpaired) electrons. The molecule has 1 saturated carbocycles. The molecular formula is C22H25N3O3S. The van der Waals surface area contributed by atoms with Crippen LogP contribution in [-0.2, 0) is 11.3 Å². The number of hydrogen-bond donors (Lipinski definition) is 1. The van der Waals surface area contributed by atoms with Crippen LogP contribution < -0.4 is 5.32 Å². The molecule has 29 heavy (non-hydrogen) atoms. The Labute approximate surface area is 174 Å². The molecule has 1 aromatic carbocycles. The fourth-order valence-electron chi connectivity index (χ4n) is 3.67. The zero-order valence-electron chi connectivity index (χ0n) is 16.3. The van der Waals surface area contributed by atoms with Gasteiger partial charge < -0.3 is 15.1 Å². The van der Waals surface area contributed by atoms with Crippen molar-refractivity contribution in [3.8, 4) is 0 Å². The van der Waals surface area contributed by atoms with Crippen LogP contribution in [-0.4, -0.2) is 53.7 Å². The SMILES string of the molecule is O=C(NCc1ccc(C(=O)N2CCN(C(=O)C3CCC3)CC2)cc1)c1cccs1. The van der Waals surface area contributed by atoms with Crippen molar-refractivity contribution >= 4 is 29.1 Å². The Morgan fingerprint density at radius 1 is 0.966 bits per heavy atom. The van der Waals surface area contributed by atoms with Crippen LogP contribution in [0.4, 0.5) is 0 Å². The first-order chi connectivity index (χ1) is 14.1. The van der Waals surface area contributed by atoms with E-state index in [4.69, 9.17) is 0 Å². The van der Waals surface area contributed by atoms with Crippen molar-refractivity contribution in [2.75, 3.05) is 26.2 Å². The number of carbonyl (C=O) groups excluding carboxylic acids is 3. The van der Waals surface area contributed by atoms with E-state index in [1.807, 2.05) is 33.4 Å². The van der Waals surface area contributed by atoms with Crippen molar-refractivity contribution in [1.29, 1.82) is 0 Å². The zero-order chi connectivity index (χ0) is 20.2. The summed E-state index contributed by atoms with van der Waals surface area (Å²) >= 11 is 1.41. The minimum absolute atomic E-state index is 0.00471. The molecule has 2 aromatic rings. The van der Waals surface area contributed by atoms with Crippen molar-refractivity contribution in [3.05, 3.63) is 57.8 Å². The molecule has 0 unspecified atom stereocenters. The number of piperazine rings is 1. The van der Waals surface area contributed by atoms with E-state index >= 15 is 0 Å². The molecule has 1 aliphatic heterocycles. The Balaban J connectivity index is 1.27. The van der Waals surface area contributed by atoms with Crippen LogP contribution in [0.25, 0.3) is 0 Å². The molecule has 6 nitrogen and oxygen atoms in total. The average molecular weight is 412 g/mol. The van der Waals surface area contributed by atoms with Gasteiger partial charge in [-0.1, -0.05) is 24.6 Å². The average Bonchev–Trinajstić information content (AvgIpc) is 3.26. The predicted octanol–water partition coefficient (Wildman–Crippen LogP) is 2.76. The summed E-state index contributed by atoms with van der Waals surface area (Å²) in [6.07, 6.45) is 3.18. The summed E-state index contributed by atoms with van der Waals surface area (Å²) < 4.78 is 0. The fraction of sp³-hybridized carbons (Fsp3) is 0.409. The minimum atomic E-state index is -0.0885. The lowest BCUT2D eigenvalue weighted by Gasteiger charge is -2.38. The third kappa shape index (κ3) is 4.50. The van der Waals surface area contributed by atoms with Crippen LogP contribution in [0.3, 0.4) is 0 Å². The van der Waals surface area contributed by atoms with Crippen molar-refractivity contribution < 1.29 is 14.4 Å². The molecule has 2 fully saturated rings. The molecule has 2 aliphatic rings. The number of thiophene rings is 1. The van der Waals surface area contributed by atoms with Gasteiger partial charge in [0.15, 0.2) is 0 Å². The first-order valence-electron chi connectivity index (χ1n) is 10.1. The molecule has 152 valence electrons. The van der Waals surface area contributed by atoms with E-state index in [0.717, 1.165) is 24.8 Å². The maximum Gasteiger partial charge on any atom is 0.261 e. The number of nitrogens with zero attached hydrogens (tertiary/aromatic N) is 2. The number of hydrogen-bond acceptors (Lipinski definition) is 4. The maximum atomic E-state index is 12.8. The topological polar surface area (TPSA) is 69.7 Å². The van der Waals surface area contributed by atoms with Gasteiger partial charge in [0, 0.05) is 44.2 Å². The van der Waals surface area contributed by atoms with E-state index in [1.165, 1.54) is 11.3 Å². The van der Waals surface area contributed by atoms with E-state index in [9.17, 15) is 14.4 Å². The van der Waals surface area contributed by atoms with Crippen molar-refractivity contribution in [2.24, 2.45) is 5.92 Å². The van der Waals surface area contributed by atoms with Crippen LogP contribution >= 0.6 is 11.3 Å². The maximum absolute atomic E-state index is 12.8. The van der Waals surface area contributed by atoms with E-state index in [-0.39, 0.29) is 23.6 Å². The third-order valence-electron chi connectivity index (χ3n) is 5.73. The van der Waals surface area contributed by atoms with Crippen LogP contribution in [0.1, 0.15) is 44.9 Å². The lowest BCUT2D eigenvalue weighted by atomic mass is 9.84. The predicted molar refractivity (Wildman–Crippen MR) is 112 cm³/mol. The highest BCUT2D eigenvalue weighted by atomic mass is 32.1. The second-order valence-electron chi connectivity index (χ2n) is 7.60. The van der Waals surface area contributed by atoms with Gasteiger partial charge >= 0.3 is 0 Å². The van der Waals surface area contributed by atoms with Gasteiger partial charge in [0.05, 0.1) is 4.88 Å². The second-order valence-corrected chi connectivity index (χ2v) is 8.55. The van der Waals surface area contributed by atoms with Crippen molar-refractivity contribution in [2.45, 2.75) is 25.8 Å². The Morgan fingerprint density at radius 3 is 2.24 bits per heavy atom. The number of rotatable bonds is 5. The summed E-state index contributed by atoms with van der Waals surface area (Å²) in [5, 5.41) is 4.76. The molecule has 0 spiro atoms. The quantitative estimate of drug-likeness (QED) is 0.823. The molecule has 1 saturated heterocycles. The molecule has 1 N–H and O–H groups in total. The van der Waals surface area contributed by atoms with E-state index < -0.39 is 0 Å². The monoisotopic (exact) mass is 411 g/mol. The van der Waals surface area contributed by atoms with E-state index in [1.54, 1.807) is 18.2 Å². The summed E-state index contributed by atoms with van der Waals surface area (Å²) in [7, 11) is 0. The van der Waals surface area contributed by atoms with Crippen LogP contribution in [0.15, 0.2) is 41.8 Å². The van der Waals surface area contributed by atoms with Crippen LogP contribution in [0, 0.1) is 5.92 Å². The van der Waals surface area contributed by atoms with Gasteiger partial charge in [-0.05, 0) is 42.0 Å². The normalized spacial score (nSPS) is 17.0. The van der Waals surface area contributed by atoms with Gasteiger partial charge in [0.25, 0.3) is 11.8 Å². The highest BCUT2D eigenvalue weighted by Crippen LogP contribution is 2.28. The van der Waals surface area contributed by atoms with Gasteiger partial charge in [-0.25, -0.2) is 0 Å². The molecule has 3 amide bonds. The number of benzene rings is 1. The third-order valence-corrected chi connectivity index (χ3v) is 6.60. The van der Waals surface area contributed by atoms with Gasteiger partial charge in [0.1, 0.15) is 0 Å². The summed E-state index contributed by atoms with van der Waals surface area (Å²) in [4.78, 5) is 41.5. The van der Waals surface area contributed by atoms with Crippen molar-refractivity contribution in [1.82, 2.24) is 15.1 Å². The summed E-state index contributed by atoms with van der Waals surface area (Å²) in [5.41, 5.74) is 1.58. The number of carbonyl (C=O) groups is 3. The summed E-state index contributed by atoms with van der Waals surface area (Å²) in [5.74, 6) is 0.381. The number of nitrogens with one attached hydrogen (secondary N) is 1. The van der Waals surface area contributed by atoms with E-state index in [2.05, 4.69) is 5.32 Å². The Kier molecular flexibility index (Phi) is 5.94. The van der Waals surface area contributed by atoms with Crippen LogP contribution in [0.2, 0.25) is 0 Å². The lowest BCUT2D eigenvalue weighted by molar-refractivity contribution is -0.139. The van der Waals surface area contributed by atoms with Crippen LogP contribution in [0.5, 0.6) is 0 Å². The van der Waals surface area contributed by atoms with E-state index in [0.29, 0.717) is 43.2 Å². The molecule has 1 aliphatic carbocycles. The Hall–Kier alpha value is -2.67. The largest absolute Gasteiger partial charge is 0.347 e. The zero-order valence-corrected chi connectivity index (χ0v) is 17.1. The Bertz CT molecular complexity index is 867. The first kappa shape index (κ1) is 19.6. The molecular weight excluding hydrogens is 386 g/mol. The molecule has 4 rings (SSSR count). The standard InChI is InChI=1S/C22H25N3O3S/c26-20(19-5-2-14-29-19)23-15-16-6-8-18(9-7-16)22(28)25-12-10-24(11-13-25)21(27)17-3-1-4-17/h2,5-9,14,17H,1,3-4,10-13,15H2,(H,23,26).